The number of hydrogen-bond donors (Lipinski definition) is 1. The maximum atomic E-state index is 12.3. The van der Waals surface area contributed by atoms with E-state index >= 15 is 0 Å². The lowest BCUT2D eigenvalue weighted by Gasteiger charge is -2.38. The van der Waals surface area contributed by atoms with E-state index in [2.05, 4.69) is 83.9 Å². The van der Waals surface area contributed by atoms with Crippen molar-refractivity contribution in [2.75, 3.05) is 13.2 Å². The summed E-state index contributed by atoms with van der Waals surface area (Å²) in [5.74, 6) is 1.24. The first-order valence-corrected chi connectivity index (χ1v) is 12.0. The molecule has 1 unspecified atom stereocenters. The number of rotatable bonds is 8. The molecule has 0 aliphatic carbocycles. The molecular formula is C30H30N2O3. The van der Waals surface area contributed by atoms with Crippen LogP contribution < -0.4 is 10.1 Å². The average molecular weight is 467 g/mol. The van der Waals surface area contributed by atoms with E-state index in [9.17, 15) is 4.79 Å². The number of carbonyl (C=O) groups excluding carboxylic acids is 1. The molecule has 4 aromatic rings. The normalized spacial score (nSPS) is 15.4. The van der Waals surface area contributed by atoms with Crippen molar-refractivity contribution < 1.29 is 13.9 Å². The molecule has 5 nitrogen and oxygen atoms in total. The Labute approximate surface area is 206 Å². The molecule has 0 bridgehead atoms. The minimum atomic E-state index is -0.181. The molecule has 0 radical (unpaired) electrons. The van der Waals surface area contributed by atoms with E-state index in [1.54, 1.807) is 12.3 Å². The Bertz CT molecular complexity index is 1270. The van der Waals surface area contributed by atoms with Crippen molar-refractivity contribution in [1.29, 1.82) is 0 Å². The zero-order chi connectivity index (χ0) is 24.0. The summed E-state index contributed by atoms with van der Waals surface area (Å²) in [6.45, 7) is 4.31. The minimum absolute atomic E-state index is 0.0392. The molecule has 5 rings (SSSR count). The lowest BCUT2D eigenvalue weighted by molar-refractivity contribution is -0.123. The molecule has 0 spiro atoms. The van der Waals surface area contributed by atoms with Crippen molar-refractivity contribution in [3.63, 3.8) is 0 Å². The zero-order valence-electron chi connectivity index (χ0n) is 19.9. The monoisotopic (exact) mass is 466 g/mol. The molecule has 1 aliphatic heterocycles. The highest BCUT2D eigenvalue weighted by Crippen LogP contribution is 2.38. The molecule has 1 amide bonds. The second kappa shape index (κ2) is 10.6. The van der Waals surface area contributed by atoms with E-state index in [1.807, 2.05) is 12.1 Å². The number of aryl methyl sites for hydroxylation is 1. The van der Waals surface area contributed by atoms with Crippen LogP contribution in [0.25, 0.3) is 0 Å². The molecule has 0 saturated heterocycles. The lowest BCUT2D eigenvalue weighted by Crippen LogP contribution is -2.35. The minimum Gasteiger partial charge on any atom is -0.484 e. The summed E-state index contributed by atoms with van der Waals surface area (Å²) in [4.78, 5) is 14.8. The van der Waals surface area contributed by atoms with E-state index in [-0.39, 0.29) is 18.6 Å². The van der Waals surface area contributed by atoms with Gasteiger partial charge in [0.1, 0.15) is 11.5 Å². The topological polar surface area (TPSA) is 54.7 Å². The summed E-state index contributed by atoms with van der Waals surface area (Å²) < 4.78 is 11.2. The molecule has 1 aromatic heterocycles. The quantitative estimate of drug-likeness (QED) is 0.376. The third-order valence-corrected chi connectivity index (χ3v) is 6.44. The summed E-state index contributed by atoms with van der Waals surface area (Å²) in [5, 5.41) is 2.83. The third-order valence-electron chi connectivity index (χ3n) is 6.44. The van der Waals surface area contributed by atoms with E-state index in [0.717, 1.165) is 19.5 Å². The van der Waals surface area contributed by atoms with Crippen LogP contribution in [0.2, 0.25) is 0 Å². The number of amides is 1. The molecule has 0 fully saturated rings. The highest BCUT2D eigenvalue weighted by Gasteiger charge is 2.29. The first-order valence-electron chi connectivity index (χ1n) is 12.0. The van der Waals surface area contributed by atoms with Crippen LogP contribution in [0.1, 0.15) is 39.6 Å². The molecule has 35 heavy (non-hydrogen) atoms. The third kappa shape index (κ3) is 5.64. The molecule has 178 valence electrons. The number of hydrogen-bond acceptors (Lipinski definition) is 4. The summed E-state index contributed by atoms with van der Waals surface area (Å²) in [5.41, 5.74) is 6.42. The molecule has 3 aromatic carbocycles. The second-order valence-corrected chi connectivity index (χ2v) is 9.03. The van der Waals surface area contributed by atoms with Crippen LogP contribution in [0, 0.1) is 6.92 Å². The van der Waals surface area contributed by atoms with Gasteiger partial charge in [-0.1, -0.05) is 66.2 Å². The summed E-state index contributed by atoms with van der Waals surface area (Å²) in [7, 11) is 0. The summed E-state index contributed by atoms with van der Waals surface area (Å²) in [6, 6.07) is 29.3. The van der Waals surface area contributed by atoms with E-state index in [0.29, 0.717) is 18.1 Å². The van der Waals surface area contributed by atoms with Gasteiger partial charge < -0.3 is 14.5 Å². The second-order valence-electron chi connectivity index (χ2n) is 9.03. The van der Waals surface area contributed by atoms with Gasteiger partial charge in [-0.3, -0.25) is 9.69 Å². The molecular weight excluding hydrogens is 436 g/mol. The van der Waals surface area contributed by atoms with E-state index in [4.69, 9.17) is 9.15 Å². The molecule has 1 aliphatic rings. The van der Waals surface area contributed by atoms with Crippen molar-refractivity contribution in [1.82, 2.24) is 10.2 Å². The smallest absolute Gasteiger partial charge is 0.258 e. The Morgan fingerprint density at radius 3 is 2.71 bits per heavy atom. The fraction of sp³-hybridized carbons (Fsp3) is 0.233. The Hall–Kier alpha value is -3.83. The maximum Gasteiger partial charge on any atom is 0.258 e. The number of furan rings is 1. The van der Waals surface area contributed by atoms with Gasteiger partial charge in [0.15, 0.2) is 6.61 Å². The fourth-order valence-corrected chi connectivity index (χ4v) is 4.77. The van der Waals surface area contributed by atoms with Crippen molar-refractivity contribution in [3.8, 4) is 5.75 Å². The number of ether oxygens (including phenoxy) is 1. The maximum absolute atomic E-state index is 12.3. The van der Waals surface area contributed by atoms with Gasteiger partial charge in [0, 0.05) is 13.1 Å². The van der Waals surface area contributed by atoms with Crippen molar-refractivity contribution in [2.24, 2.45) is 0 Å². The Morgan fingerprint density at radius 1 is 1.03 bits per heavy atom. The van der Waals surface area contributed by atoms with Crippen molar-refractivity contribution in [2.45, 2.75) is 32.5 Å². The molecule has 0 saturated carbocycles. The highest BCUT2D eigenvalue weighted by molar-refractivity contribution is 5.77. The van der Waals surface area contributed by atoms with Gasteiger partial charge in [-0.2, -0.15) is 0 Å². The van der Waals surface area contributed by atoms with Gasteiger partial charge >= 0.3 is 0 Å². The van der Waals surface area contributed by atoms with E-state index < -0.39 is 0 Å². The van der Waals surface area contributed by atoms with Crippen LogP contribution in [-0.2, 0) is 24.3 Å². The van der Waals surface area contributed by atoms with Crippen LogP contribution in [-0.4, -0.2) is 24.0 Å². The SMILES string of the molecule is Cc1cccc(CN2CCc3ccc(OCC(=O)NCc4ccco4)cc3C2c2ccccc2)c1. The number of nitrogens with zero attached hydrogens (tertiary/aromatic N) is 1. The molecule has 1 atom stereocenters. The first-order chi connectivity index (χ1) is 17.2. The number of nitrogens with one attached hydrogen (secondary N) is 1. The van der Waals surface area contributed by atoms with Gasteiger partial charge in [0.05, 0.1) is 18.8 Å². The Morgan fingerprint density at radius 2 is 1.91 bits per heavy atom. The number of benzene rings is 3. The predicted molar refractivity (Wildman–Crippen MR) is 136 cm³/mol. The van der Waals surface area contributed by atoms with Gasteiger partial charge in [-0.05, 0) is 59.9 Å². The predicted octanol–water partition coefficient (Wildman–Crippen LogP) is 5.43. The fourth-order valence-electron chi connectivity index (χ4n) is 4.77. The standard InChI is InChI=1S/C30H30N2O3/c1-22-7-5-8-23(17-22)20-32-15-14-24-12-13-26(18-28(24)30(32)25-9-3-2-4-10-25)35-21-29(33)31-19-27-11-6-16-34-27/h2-13,16-18,30H,14-15,19-21H2,1H3,(H,31,33). The molecule has 2 heterocycles. The summed E-state index contributed by atoms with van der Waals surface area (Å²) >= 11 is 0. The van der Waals surface area contributed by atoms with Gasteiger partial charge in [-0.15, -0.1) is 0 Å². The van der Waals surface area contributed by atoms with Gasteiger partial charge in [-0.25, -0.2) is 0 Å². The van der Waals surface area contributed by atoms with Crippen molar-refractivity contribution in [3.05, 3.63) is 125 Å². The largest absolute Gasteiger partial charge is 0.484 e. The highest BCUT2D eigenvalue weighted by atomic mass is 16.5. The average Bonchev–Trinajstić information content (AvgIpc) is 3.40. The summed E-state index contributed by atoms with van der Waals surface area (Å²) in [6.07, 6.45) is 2.57. The number of fused-ring (bicyclic) bond motifs is 1. The van der Waals surface area contributed by atoms with Crippen molar-refractivity contribution >= 4 is 5.91 Å². The molecule has 1 N–H and O–H groups in total. The number of carbonyl (C=O) groups is 1. The lowest BCUT2D eigenvalue weighted by atomic mass is 9.87. The van der Waals surface area contributed by atoms with Crippen LogP contribution in [0.4, 0.5) is 0 Å². The van der Waals surface area contributed by atoms with Crippen LogP contribution in [0.3, 0.4) is 0 Å². The zero-order valence-corrected chi connectivity index (χ0v) is 19.9. The first kappa shape index (κ1) is 22.9. The Kier molecular flexibility index (Phi) is 6.96. The van der Waals surface area contributed by atoms with Crippen LogP contribution in [0.5, 0.6) is 5.75 Å². The van der Waals surface area contributed by atoms with Gasteiger partial charge in [0.25, 0.3) is 5.91 Å². The molecule has 5 heteroatoms. The van der Waals surface area contributed by atoms with E-state index in [1.165, 1.54) is 27.8 Å². The van der Waals surface area contributed by atoms with Crippen LogP contribution in [0.15, 0.2) is 95.6 Å². The van der Waals surface area contributed by atoms with Crippen LogP contribution >= 0.6 is 0 Å². The Balaban J connectivity index is 1.35. The van der Waals surface area contributed by atoms with Gasteiger partial charge in [0.2, 0.25) is 0 Å².